The first kappa shape index (κ1) is 24.3. The molecule has 0 unspecified atom stereocenters. The fraction of sp³-hybridized carbons (Fsp3) is 0.385. The third kappa shape index (κ3) is 5.54. The molecule has 3 rings (SSSR count). The molecule has 2 aromatic rings. The third-order valence-electron chi connectivity index (χ3n) is 5.33. The predicted octanol–water partition coefficient (Wildman–Crippen LogP) is 3.86. The molecule has 1 saturated heterocycles. The van der Waals surface area contributed by atoms with Crippen molar-refractivity contribution in [2.75, 3.05) is 33.8 Å². The van der Waals surface area contributed by atoms with Gasteiger partial charge in [-0.3, -0.25) is 9.59 Å². The topological polar surface area (TPSA) is 79.3 Å². The molecule has 176 valence electrons. The summed E-state index contributed by atoms with van der Waals surface area (Å²) in [5, 5.41) is 11.2. The van der Waals surface area contributed by atoms with E-state index in [4.69, 9.17) is 9.47 Å². The number of carbonyl (C=O) groups is 2. The van der Waals surface area contributed by atoms with Gasteiger partial charge < -0.3 is 24.4 Å². The predicted molar refractivity (Wildman–Crippen MR) is 127 cm³/mol. The zero-order valence-corrected chi connectivity index (χ0v) is 19.9. The Morgan fingerprint density at radius 2 is 1.64 bits per heavy atom. The van der Waals surface area contributed by atoms with Crippen LogP contribution in [0.3, 0.4) is 0 Å². The first-order valence-electron chi connectivity index (χ1n) is 11.2. The second-order valence-corrected chi connectivity index (χ2v) is 8.49. The highest BCUT2D eigenvalue weighted by Gasteiger charge is 2.45. The van der Waals surface area contributed by atoms with Crippen molar-refractivity contribution in [3.8, 4) is 11.5 Å². The number of hydrogen-bond acceptors (Lipinski definition) is 6. The quantitative estimate of drug-likeness (QED) is 0.354. The molecule has 0 bridgehead atoms. The van der Waals surface area contributed by atoms with E-state index >= 15 is 0 Å². The van der Waals surface area contributed by atoms with Gasteiger partial charge in [0.1, 0.15) is 17.3 Å². The van der Waals surface area contributed by atoms with Crippen LogP contribution in [0.25, 0.3) is 5.76 Å². The number of ketones is 1. The van der Waals surface area contributed by atoms with Crippen LogP contribution in [0.5, 0.6) is 11.5 Å². The molecule has 1 amide bonds. The molecule has 33 heavy (non-hydrogen) atoms. The van der Waals surface area contributed by atoms with Crippen LogP contribution in [0.2, 0.25) is 0 Å². The van der Waals surface area contributed by atoms with Crippen molar-refractivity contribution >= 4 is 17.4 Å². The maximum absolute atomic E-state index is 13.1. The van der Waals surface area contributed by atoms with Crippen LogP contribution in [0.4, 0.5) is 0 Å². The number of rotatable bonds is 9. The fourth-order valence-corrected chi connectivity index (χ4v) is 3.80. The molecule has 2 aromatic carbocycles. The molecule has 0 saturated carbocycles. The second-order valence-electron chi connectivity index (χ2n) is 8.49. The Balaban J connectivity index is 2.05. The summed E-state index contributed by atoms with van der Waals surface area (Å²) < 4.78 is 11.2. The van der Waals surface area contributed by atoms with E-state index in [-0.39, 0.29) is 17.4 Å². The highest BCUT2D eigenvalue weighted by Crippen LogP contribution is 2.39. The van der Waals surface area contributed by atoms with Crippen molar-refractivity contribution < 1.29 is 24.2 Å². The van der Waals surface area contributed by atoms with Crippen LogP contribution >= 0.6 is 0 Å². The van der Waals surface area contributed by atoms with Gasteiger partial charge in [-0.25, -0.2) is 0 Å². The van der Waals surface area contributed by atoms with Crippen LogP contribution in [0.1, 0.15) is 37.9 Å². The fourth-order valence-electron chi connectivity index (χ4n) is 3.80. The number of likely N-dealkylation sites (N-methyl/N-ethyl adjacent to an activating group) is 1. The first-order valence-corrected chi connectivity index (χ1v) is 11.2. The van der Waals surface area contributed by atoms with Crippen LogP contribution in [0, 0.1) is 0 Å². The van der Waals surface area contributed by atoms with E-state index in [0.29, 0.717) is 36.8 Å². The Bertz CT molecular complexity index is 1010. The van der Waals surface area contributed by atoms with Crippen molar-refractivity contribution in [1.29, 1.82) is 0 Å². The smallest absolute Gasteiger partial charge is 0.295 e. The number of benzene rings is 2. The van der Waals surface area contributed by atoms with Gasteiger partial charge in [-0.2, -0.15) is 0 Å². The molecule has 0 aromatic heterocycles. The van der Waals surface area contributed by atoms with Crippen molar-refractivity contribution in [2.45, 2.75) is 32.9 Å². The van der Waals surface area contributed by atoms with Crippen molar-refractivity contribution in [2.24, 2.45) is 0 Å². The molecule has 7 nitrogen and oxygen atoms in total. The number of carbonyl (C=O) groups excluding carboxylic acids is 2. The van der Waals surface area contributed by atoms with Crippen molar-refractivity contribution in [3.63, 3.8) is 0 Å². The standard InChI is InChI=1S/C26H32N2O5/c1-6-32-20-11-7-18(8-12-20)23-22(25(30)26(31)28(23)16-15-27(4)5)24(29)19-9-13-21(14-10-19)33-17(2)3/h7-14,17,23,29H,6,15-16H2,1-5H3/b24-22+/t23-/m1/s1. The number of aliphatic hydroxyl groups excluding tert-OH is 1. The van der Waals surface area contributed by atoms with Gasteiger partial charge in [0.15, 0.2) is 0 Å². The maximum atomic E-state index is 13.1. The monoisotopic (exact) mass is 452 g/mol. The lowest BCUT2D eigenvalue weighted by Crippen LogP contribution is -2.35. The Morgan fingerprint density at radius 3 is 2.18 bits per heavy atom. The highest BCUT2D eigenvalue weighted by atomic mass is 16.5. The SMILES string of the molecule is CCOc1ccc([C@@H]2/C(=C(\O)c3ccc(OC(C)C)cc3)C(=O)C(=O)N2CCN(C)C)cc1. The molecule has 1 fully saturated rings. The number of aliphatic hydroxyl groups is 1. The van der Waals surface area contributed by atoms with E-state index in [0.717, 1.165) is 5.56 Å². The number of hydrogen-bond donors (Lipinski definition) is 1. The number of amides is 1. The van der Waals surface area contributed by atoms with Crippen molar-refractivity contribution in [1.82, 2.24) is 9.80 Å². The van der Waals surface area contributed by atoms with E-state index < -0.39 is 17.7 Å². The number of nitrogens with zero attached hydrogens (tertiary/aromatic N) is 2. The summed E-state index contributed by atoms with van der Waals surface area (Å²) >= 11 is 0. The minimum absolute atomic E-state index is 0.0196. The van der Waals surface area contributed by atoms with Crippen molar-refractivity contribution in [3.05, 3.63) is 65.2 Å². The number of ether oxygens (including phenoxy) is 2. The third-order valence-corrected chi connectivity index (χ3v) is 5.33. The summed E-state index contributed by atoms with van der Waals surface area (Å²) in [6, 6.07) is 13.4. The molecule has 1 aliphatic heterocycles. The van der Waals surface area contributed by atoms with Gasteiger partial charge in [-0.15, -0.1) is 0 Å². The molecule has 0 spiro atoms. The van der Waals surface area contributed by atoms with E-state index in [2.05, 4.69) is 0 Å². The lowest BCUT2D eigenvalue weighted by atomic mass is 9.95. The highest BCUT2D eigenvalue weighted by molar-refractivity contribution is 6.46. The van der Waals surface area contributed by atoms with Gasteiger partial charge >= 0.3 is 0 Å². The van der Waals surface area contributed by atoms with Crippen LogP contribution in [-0.2, 0) is 9.59 Å². The van der Waals surface area contributed by atoms with E-state index in [1.807, 2.05) is 64.0 Å². The number of likely N-dealkylation sites (tertiary alicyclic amines) is 1. The van der Waals surface area contributed by atoms with E-state index in [9.17, 15) is 14.7 Å². The van der Waals surface area contributed by atoms with E-state index in [1.54, 1.807) is 24.3 Å². The zero-order chi connectivity index (χ0) is 24.1. The summed E-state index contributed by atoms with van der Waals surface area (Å²) in [4.78, 5) is 29.5. The minimum atomic E-state index is -0.688. The Labute approximate surface area is 195 Å². The van der Waals surface area contributed by atoms with E-state index in [1.165, 1.54) is 4.90 Å². The van der Waals surface area contributed by atoms with Crippen LogP contribution < -0.4 is 9.47 Å². The van der Waals surface area contributed by atoms with Gasteiger partial charge in [0.25, 0.3) is 11.7 Å². The van der Waals surface area contributed by atoms with Crippen LogP contribution in [-0.4, -0.2) is 66.5 Å². The Kier molecular flexibility index (Phi) is 7.76. The number of Topliss-reactive ketones (excluding diaryl/α,β-unsaturated/α-hetero) is 1. The van der Waals surface area contributed by atoms with Gasteiger partial charge in [-0.1, -0.05) is 12.1 Å². The molecular weight excluding hydrogens is 420 g/mol. The van der Waals surface area contributed by atoms with Gasteiger partial charge in [-0.05, 0) is 76.8 Å². The molecule has 1 aliphatic rings. The molecule has 0 radical (unpaired) electrons. The molecule has 7 heteroatoms. The normalized spacial score (nSPS) is 17.8. The lowest BCUT2D eigenvalue weighted by Gasteiger charge is -2.26. The average Bonchev–Trinajstić information content (AvgIpc) is 3.03. The minimum Gasteiger partial charge on any atom is -0.507 e. The largest absolute Gasteiger partial charge is 0.507 e. The van der Waals surface area contributed by atoms with Crippen LogP contribution in [0.15, 0.2) is 54.1 Å². The zero-order valence-electron chi connectivity index (χ0n) is 19.9. The average molecular weight is 453 g/mol. The van der Waals surface area contributed by atoms with Gasteiger partial charge in [0.2, 0.25) is 0 Å². The molecule has 0 aliphatic carbocycles. The Hall–Kier alpha value is -3.32. The molecule has 1 heterocycles. The lowest BCUT2D eigenvalue weighted by molar-refractivity contribution is -0.140. The second kappa shape index (κ2) is 10.5. The van der Waals surface area contributed by atoms with Gasteiger partial charge in [0, 0.05) is 18.7 Å². The summed E-state index contributed by atoms with van der Waals surface area (Å²) in [5.41, 5.74) is 1.27. The Morgan fingerprint density at radius 1 is 1.03 bits per heavy atom. The van der Waals surface area contributed by atoms with Gasteiger partial charge in [0.05, 0.1) is 24.3 Å². The molecular formula is C26H32N2O5. The summed E-state index contributed by atoms with van der Waals surface area (Å²) in [7, 11) is 3.81. The summed E-state index contributed by atoms with van der Waals surface area (Å²) in [6.45, 7) is 7.24. The molecule has 1 atom stereocenters. The summed E-state index contributed by atoms with van der Waals surface area (Å²) in [5.74, 6) is -0.135. The first-order chi connectivity index (χ1) is 15.7. The molecule has 1 N–H and O–H groups in total. The maximum Gasteiger partial charge on any atom is 0.295 e. The summed E-state index contributed by atoms with van der Waals surface area (Å²) in [6.07, 6.45) is 0.0196.